The van der Waals surface area contributed by atoms with Gasteiger partial charge < -0.3 is 10.2 Å². The normalized spacial score (nSPS) is 19.2. The lowest BCUT2D eigenvalue weighted by atomic mass is 10.3. The predicted octanol–water partition coefficient (Wildman–Crippen LogP) is 0.981. The SMILES string of the molecule is C=C(/C=C\C)N1CCNCC1. The van der Waals surface area contributed by atoms with Crippen molar-refractivity contribution in [2.75, 3.05) is 26.2 Å². The maximum atomic E-state index is 3.98. The quantitative estimate of drug-likeness (QED) is 0.593. The molecule has 0 aromatic carbocycles. The Bertz CT molecular complexity index is 155. The second-order valence-electron chi connectivity index (χ2n) is 2.73. The van der Waals surface area contributed by atoms with Gasteiger partial charge in [0.25, 0.3) is 0 Å². The summed E-state index contributed by atoms with van der Waals surface area (Å²) in [7, 11) is 0. The fraction of sp³-hybridized carbons (Fsp3) is 0.556. The molecule has 1 rings (SSSR count). The van der Waals surface area contributed by atoms with Crippen molar-refractivity contribution in [1.82, 2.24) is 10.2 Å². The molecule has 1 heterocycles. The van der Waals surface area contributed by atoms with Crippen molar-refractivity contribution >= 4 is 0 Å². The summed E-state index contributed by atoms with van der Waals surface area (Å²) in [5, 5.41) is 3.30. The summed E-state index contributed by atoms with van der Waals surface area (Å²) in [5.74, 6) is 0. The van der Waals surface area contributed by atoms with Crippen molar-refractivity contribution in [3.63, 3.8) is 0 Å². The zero-order valence-electron chi connectivity index (χ0n) is 7.14. The topological polar surface area (TPSA) is 15.3 Å². The van der Waals surface area contributed by atoms with Crippen LogP contribution in [0.5, 0.6) is 0 Å². The molecule has 1 aliphatic rings. The van der Waals surface area contributed by atoms with E-state index in [4.69, 9.17) is 0 Å². The summed E-state index contributed by atoms with van der Waals surface area (Å²) in [6.07, 6.45) is 4.09. The molecular formula is C9H16N2. The largest absolute Gasteiger partial charge is 0.369 e. The average molecular weight is 152 g/mol. The molecule has 2 nitrogen and oxygen atoms in total. The lowest BCUT2D eigenvalue weighted by Gasteiger charge is -2.29. The molecule has 0 aromatic rings. The Morgan fingerprint density at radius 1 is 1.45 bits per heavy atom. The highest BCUT2D eigenvalue weighted by Crippen LogP contribution is 2.03. The molecule has 0 unspecified atom stereocenters. The van der Waals surface area contributed by atoms with Gasteiger partial charge in [-0.05, 0) is 13.0 Å². The Morgan fingerprint density at radius 2 is 2.09 bits per heavy atom. The second-order valence-corrected chi connectivity index (χ2v) is 2.73. The van der Waals surface area contributed by atoms with E-state index in [9.17, 15) is 0 Å². The first-order chi connectivity index (χ1) is 5.34. The van der Waals surface area contributed by atoms with Crippen LogP contribution in [-0.2, 0) is 0 Å². The number of hydrogen-bond donors (Lipinski definition) is 1. The molecular weight excluding hydrogens is 136 g/mol. The third-order valence-corrected chi connectivity index (χ3v) is 1.88. The minimum Gasteiger partial charge on any atom is -0.369 e. The van der Waals surface area contributed by atoms with E-state index in [0.29, 0.717) is 0 Å². The molecule has 62 valence electrons. The first-order valence-corrected chi connectivity index (χ1v) is 4.12. The highest BCUT2D eigenvalue weighted by Gasteiger charge is 2.08. The first-order valence-electron chi connectivity index (χ1n) is 4.12. The summed E-state index contributed by atoms with van der Waals surface area (Å²) in [4.78, 5) is 2.30. The molecule has 1 aliphatic heterocycles. The lowest BCUT2D eigenvalue weighted by molar-refractivity contribution is 0.308. The van der Waals surface area contributed by atoms with Crippen LogP contribution in [-0.4, -0.2) is 31.1 Å². The zero-order chi connectivity index (χ0) is 8.10. The van der Waals surface area contributed by atoms with Gasteiger partial charge in [-0.25, -0.2) is 0 Å². The van der Waals surface area contributed by atoms with Crippen molar-refractivity contribution in [3.8, 4) is 0 Å². The molecule has 0 spiro atoms. The maximum absolute atomic E-state index is 3.98. The Morgan fingerprint density at radius 3 is 2.64 bits per heavy atom. The molecule has 0 radical (unpaired) electrons. The van der Waals surface area contributed by atoms with E-state index in [0.717, 1.165) is 31.9 Å². The van der Waals surface area contributed by atoms with Gasteiger partial charge in [-0.3, -0.25) is 0 Å². The van der Waals surface area contributed by atoms with Crippen LogP contribution in [0.1, 0.15) is 6.92 Å². The van der Waals surface area contributed by atoms with Crippen molar-refractivity contribution in [1.29, 1.82) is 0 Å². The van der Waals surface area contributed by atoms with E-state index in [1.807, 2.05) is 13.0 Å². The van der Waals surface area contributed by atoms with Crippen molar-refractivity contribution < 1.29 is 0 Å². The number of nitrogens with zero attached hydrogens (tertiary/aromatic N) is 1. The van der Waals surface area contributed by atoms with Crippen molar-refractivity contribution in [2.45, 2.75) is 6.92 Å². The van der Waals surface area contributed by atoms with Gasteiger partial charge in [-0.15, -0.1) is 0 Å². The van der Waals surface area contributed by atoms with Gasteiger partial charge in [0.15, 0.2) is 0 Å². The highest BCUT2D eigenvalue weighted by atomic mass is 15.2. The molecule has 2 heteroatoms. The van der Waals surface area contributed by atoms with E-state index in [1.54, 1.807) is 0 Å². The summed E-state index contributed by atoms with van der Waals surface area (Å²) in [5.41, 5.74) is 1.13. The van der Waals surface area contributed by atoms with Gasteiger partial charge in [0.2, 0.25) is 0 Å². The molecule has 1 fully saturated rings. The zero-order valence-corrected chi connectivity index (χ0v) is 7.14. The average Bonchev–Trinajstić information content (AvgIpc) is 2.07. The summed E-state index contributed by atoms with van der Waals surface area (Å²) in [6.45, 7) is 10.3. The summed E-state index contributed by atoms with van der Waals surface area (Å²) < 4.78 is 0. The molecule has 11 heavy (non-hydrogen) atoms. The van der Waals surface area contributed by atoms with Crippen LogP contribution in [0.25, 0.3) is 0 Å². The van der Waals surface area contributed by atoms with Gasteiger partial charge in [-0.2, -0.15) is 0 Å². The first kappa shape index (κ1) is 8.34. The number of nitrogens with one attached hydrogen (secondary N) is 1. The standard InChI is InChI=1S/C9H16N2/c1-3-4-9(2)11-7-5-10-6-8-11/h3-4,10H,2,5-8H2,1H3/b4-3-. The Hall–Kier alpha value is -0.760. The number of allylic oxidation sites excluding steroid dienone is 2. The van der Waals surface area contributed by atoms with E-state index in [-0.39, 0.29) is 0 Å². The third-order valence-electron chi connectivity index (χ3n) is 1.88. The van der Waals surface area contributed by atoms with E-state index in [2.05, 4.69) is 22.9 Å². The third kappa shape index (κ3) is 2.39. The van der Waals surface area contributed by atoms with E-state index >= 15 is 0 Å². The van der Waals surface area contributed by atoms with Gasteiger partial charge in [-0.1, -0.05) is 12.7 Å². The number of hydrogen-bond acceptors (Lipinski definition) is 2. The molecule has 0 aliphatic carbocycles. The smallest absolute Gasteiger partial charge is 0.0303 e. The molecule has 0 amide bonds. The fourth-order valence-corrected chi connectivity index (χ4v) is 1.25. The predicted molar refractivity (Wildman–Crippen MR) is 48.4 cm³/mol. The minimum absolute atomic E-state index is 1.08. The molecule has 1 saturated heterocycles. The van der Waals surface area contributed by atoms with Crippen LogP contribution in [0.15, 0.2) is 24.4 Å². The Balaban J connectivity index is 2.38. The van der Waals surface area contributed by atoms with Crippen LogP contribution < -0.4 is 5.32 Å². The molecule has 1 N–H and O–H groups in total. The van der Waals surface area contributed by atoms with Crippen LogP contribution >= 0.6 is 0 Å². The van der Waals surface area contributed by atoms with Crippen LogP contribution in [0.3, 0.4) is 0 Å². The number of piperazine rings is 1. The van der Waals surface area contributed by atoms with Crippen molar-refractivity contribution in [2.24, 2.45) is 0 Å². The van der Waals surface area contributed by atoms with Gasteiger partial charge in [0.05, 0.1) is 0 Å². The van der Waals surface area contributed by atoms with Crippen LogP contribution in [0, 0.1) is 0 Å². The lowest BCUT2D eigenvalue weighted by Crippen LogP contribution is -2.42. The Kier molecular flexibility index (Phi) is 3.17. The van der Waals surface area contributed by atoms with Crippen molar-refractivity contribution in [3.05, 3.63) is 24.4 Å². The minimum atomic E-state index is 1.08. The van der Waals surface area contributed by atoms with Gasteiger partial charge in [0, 0.05) is 31.9 Å². The molecule has 0 bridgehead atoms. The second kappa shape index (κ2) is 4.19. The van der Waals surface area contributed by atoms with E-state index in [1.165, 1.54) is 0 Å². The van der Waals surface area contributed by atoms with Gasteiger partial charge in [0.1, 0.15) is 0 Å². The molecule has 0 saturated carbocycles. The van der Waals surface area contributed by atoms with E-state index < -0.39 is 0 Å². The van der Waals surface area contributed by atoms with Gasteiger partial charge >= 0.3 is 0 Å². The maximum Gasteiger partial charge on any atom is 0.0303 e. The highest BCUT2D eigenvalue weighted by molar-refractivity contribution is 5.13. The fourth-order valence-electron chi connectivity index (χ4n) is 1.25. The number of rotatable bonds is 2. The Labute approximate surface area is 68.6 Å². The summed E-state index contributed by atoms with van der Waals surface area (Å²) >= 11 is 0. The molecule has 0 aromatic heterocycles. The monoisotopic (exact) mass is 152 g/mol. The van der Waals surface area contributed by atoms with Crippen LogP contribution in [0.4, 0.5) is 0 Å². The molecule has 0 atom stereocenters. The van der Waals surface area contributed by atoms with Crippen LogP contribution in [0.2, 0.25) is 0 Å². The summed E-state index contributed by atoms with van der Waals surface area (Å²) in [6, 6.07) is 0.